The summed E-state index contributed by atoms with van der Waals surface area (Å²) in [5.74, 6) is -0.253. The number of thioether (sulfide) groups is 1. The molecule has 1 aromatic heterocycles. The second kappa shape index (κ2) is 8.00. The lowest BCUT2D eigenvalue weighted by Gasteiger charge is -2.36. The average Bonchev–Trinajstić information content (AvgIpc) is 3.12. The Kier molecular flexibility index (Phi) is 5.55. The Bertz CT molecular complexity index is 1010. The zero-order valence-electron chi connectivity index (χ0n) is 17.3. The summed E-state index contributed by atoms with van der Waals surface area (Å²) in [6.45, 7) is 7.50. The van der Waals surface area contributed by atoms with Gasteiger partial charge in [0.15, 0.2) is 0 Å². The van der Waals surface area contributed by atoms with Gasteiger partial charge in [0.05, 0.1) is 42.1 Å². The molecule has 0 unspecified atom stereocenters. The topological polar surface area (TPSA) is 70.7 Å². The third-order valence-electron chi connectivity index (χ3n) is 5.11. The fraction of sp³-hybridized carbons (Fsp3) is 0.409. The maximum atomic E-state index is 13.5. The van der Waals surface area contributed by atoms with Crippen molar-refractivity contribution in [2.45, 2.75) is 38.8 Å². The smallest absolute Gasteiger partial charge is 0.226 e. The van der Waals surface area contributed by atoms with E-state index in [-0.39, 0.29) is 17.3 Å². The van der Waals surface area contributed by atoms with Gasteiger partial charge in [0.2, 0.25) is 5.91 Å². The lowest BCUT2D eigenvalue weighted by atomic mass is 10.0. The van der Waals surface area contributed by atoms with Gasteiger partial charge >= 0.3 is 0 Å². The molecule has 1 N–H and O–H groups in total. The highest BCUT2D eigenvalue weighted by molar-refractivity contribution is 8.17. The zero-order chi connectivity index (χ0) is 21.5. The summed E-state index contributed by atoms with van der Waals surface area (Å²) < 4.78 is 15.4. The second-order valence-corrected chi connectivity index (χ2v) is 9.50. The van der Waals surface area contributed by atoms with E-state index in [4.69, 9.17) is 4.99 Å². The maximum Gasteiger partial charge on any atom is 0.226 e. The number of aliphatic imine (C=N–C) groups is 1. The number of likely N-dealkylation sites (tertiary alicyclic amines) is 1. The summed E-state index contributed by atoms with van der Waals surface area (Å²) in [5, 5.41) is 16.8. The minimum absolute atomic E-state index is 0.0263. The number of hydrogen-bond acceptors (Lipinski definition) is 5. The quantitative estimate of drug-likeness (QED) is 0.810. The summed E-state index contributed by atoms with van der Waals surface area (Å²) in [6, 6.07) is 6.41. The maximum absolute atomic E-state index is 13.5. The highest BCUT2D eigenvalue weighted by Gasteiger charge is 2.30. The number of halogens is 1. The molecule has 0 spiro atoms. The number of aliphatic hydroxyl groups excluding tert-OH is 1. The number of amides is 1. The largest absolute Gasteiger partial charge is 0.389 e. The van der Waals surface area contributed by atoms with Gasteiger partial charge in [-0.15, -0.1) is 0 Å². The molecular formula is C22H25FN4O2S. The van der Waals surface area contributed by atoms with Crippen molar-refractivity contribution in [3.05, 3.63) is 52.8 Å². The van der Waals surface area contributed by atoms with Gasteiger partial charge in [-0.3, -0.25) is 14.5 Å². The van der Waals surface area contributed by atoms with E-state index in [2.05, 4.69) is 25.9 Å². The van der Waals surface area contributed by atoms with Gasteiger partial charge in [-0.1, -0.05) is 11.8 Å². The van der Waals surface area contributed by atoms with Gasteiger partial charge in [-0.05, 0) is 56.0 Å². The number of β-amino-alcohol motifs (C(OH)–C–C–N with tert-alkyl or cyclic N) is 1. The first-order valence-electron chi connectivity index (χ1n) is 9.92. The van der Waals surface area contributed by atoms with Crippen LogP contribution in [0, 0.1) is 5.82 Å². The summed E-state index contributed by atoms with van der Waals surface area (Å²) in [4.78, 5) is 18.6. The van der Waals surface area contributed by atoms with Crippen molar-refractivity contribution in [2.24, 2.45) is 4.99 Å². The third kappa shape index (κ3) is 4.20. The molecular weight excluding hydrogens is 403 g/mol. The Morgan fingerprint density at radius 2 is 1.97 bits per heavy atom. The number of carbonyl (C=O) groups is 1. The molecule has 0 radical (unpaired) electrons. The molecule has 1 aromatic carbocycles. The molecule has 0 bridgehead atoms. The Morgan fingerprint density at radius 1 is 1.27 bits per heavy atom. The normalized spacial score (nSPS) is 17.4. The summed E-state index contributed by atoms with van der Waals surface area (Å²) in [5.41, 5.74) is 3.38. The minimum Gasteiger partial charge on any atom is -0.389 e. The number of carbonyl (C=O) groups excluding carboxylic acids is 1. The first-order valence-corrected chi connectivity index (χ1v) is 10.8. The number of nitrogens with zero attached hydrogens (tertiary/aromatic N) is 4. The summed E-state index contributed by atoms with van der Waals surface area (Å²) >= 11 is 1.48. The predicted octanol–water partition coefficient (Wildman–Crippen LogP) is 3.41. The number of aliphatic hydroxyl groups is 1. The van der Waals surface area contributed by atoms with Crippen molar-refractivity contribution in [1.82, 2.24) is 14.7 Å². The van der Waals surface area contributed by atoms with Crippen molar-refractivity contribution < 1.29 is 14.3 Å². The van der Waals surface area contributed by atoms with Crippen LogP contribution in [0.1, 0.15) is 32.8 Å². The van der Waals surface area contributed by atoms with Crippen molar-refractivity contribution in [1.29, 1.82) is 0 Å². The lowest BCUT2D eigenvalue weighted by Crippen LogP contribution is -2.53. The van der Waals surface area contributed by atoms with Crippen LogP contribution in [0.5, 0.6) is 0 Å². The SMILES string of the molecule is CC(C)(C)n1ncc(C2=NCC(CC(=O)N3CC(O)C3)=CS2)c1-c1ccc(F)cc1. The Balaban J connectivity index is 1.56. The molecule has 3 heterocycles. The van der Waals surface area contributed by atoms with Crippen molar-refractivity contribution >= 4 is 22.7 Å². The predicted molar refractivity (Wildman–Crippen MR) is 117 cm³/mol. The molecule has 2 aliphatic rings. The molecule has 30 heavy (non-hydrogen) atoms. The van der Waals surface area contributed by atoms with E-state index in [9.17, 15) is 14.3 Å². The molecule has 8 heteroatoms. The molecule has 158 valence electrons. The zero-order valence-corrected chi connectivity index (χ0v) is 18.1. The first-order chi connectivity index (χ1) is 14.2. The highest BCUT2D eigenvalue weighted by atomic mass is 32.2. The van der Waals surface area contributed by atoms with E-state index in [0.717, 1.165) is 27.4 Å². The van der Waals surface area contributed by atoms with E-state index in [1.807, 2.05) is 10.1 Å². The van der Waals surface area contributed by atoms with E-state index in [0.29, 0.717) is 26.1 Å². The molecule has 0 saturated carbocycles. The molecule has 1 saturated heterocycles. The third-order valence-corrected chi connectivity index (χ3v) is 6.13. The number of aromatic nitrogens is 2. The molecule has 2 aliphatic heterocycles. The number of benzene rings is 1. The van der Waals surface area contributed by atoms with Gasteiger partial charge in [0, 0.05) is 18.7 Å². The standard InChI is InChI=1S/C22H25FN4O2S/c1-22(2,3)27-20(15-4-6-16(23)7-5-15)18(10-25-27)21-24-9-14(13-30-21)8-19(29)26-11-17(28)12-26/h4-7,10,13,17,28H,8-9,11-12H2,1-3H3. The molecule has 0 aliphatic carbocycles. The lowest BCUT2D eigenvalue weighted by molar-refractivity contribution is -0.140. The monoisotopic (exact) mass is 428 g/mol. The highest BCUT2D eigenvalue weighted by Crippen LogP contribution is 2.33. The van der Waals surface area contributed by atoms with Gasteiger partial charge in [-0.2, -0.15) is 5.10 Å². The molecule has 1 amide bonds. The molecule has 6 nitrogen and oxygen atoms in total. The van der Waals surface area contributed by atoms with Crippen LogP contribution >= 0.6 is 11.8 Å². The van der Waals surface area contributed by atoms with Crippen LogP contribution in [0.4, 0.5) is 4.39 Å². The summed E-state index contributed by atoms with van der Waals surface area (Å²) in [6.07, 6.45) is 1.74. The molecule has 4 rings (SSSR count). The van der Waals surface area contributed by atoms with Gasteiger partial charge in [-0.25, -0.2) is 4.39 Å². The minimum atomic E-state index is -0.391. The number of hydrogen-bond donors (Lipinski definition) is 1. The van der Waals surface area contributed by atoms with Crippen LogP contribution < -0.4 is 0 Å². The Morgan fingerprint density at radius 3 is 2.53 bits per heavy atom. The van der Waals surface area contributed by atoms with Crippen LogP contribution in [-0.4, -0.2) is 56.5 Å². The molecule has 1 fully saturated rings. The number of rotatable bonds is 4. The second-order valence-electron chi connectivity index (χ2n) is 8.64. The Hall–Kier alpha value is -2.45. The van der Waals surface area contributed by atoms with Crippen LogP contribution in [0.25, 0.3) is 11.3 Å². The summed E-state index contributed by atoms with van der Waals surface area (Å²) in [7, 11) is 0. The fourth-order valence-electron chi connectivity index (χ4n) is 3.50. The van der Waals surface area contributed by atoms with Gasteiger partial charge in [0.1, 0.15) is 10.9 Å². The first kappa shape index (κ1) is 20.8. The Labute approximate surface area is 179 Å². The fourth-order valence-corrected chi connectivity index (χ4v) is 4.35. The van der Waals surface area contributed by atoms with E-state index in [1.165, 1.54) is 23.9 Å². The van der Waals surface area contributed by atoms with Crippen LogP contribution in [0.3, 0.4) is 0 Å². The van der Waals surface area contributed by atoms with Crippen LogP contribution in [0.2, 0.25) is 0 Å². The van der Waals surface area contributed by atoms with Crippen LogP contribution in [0.15, 0.2) is 46.4 Å². The van der Waals surface area contributed by atoms with Gasteiger partial charge < -0.3 is 10.0 Å². The molecule has 0 atom stereocenters. The van der Waals surface area contributed by atoms with Crippen molar-refractivity contribution in [3.8, 4) is 11.3 Å². The van der Waals surface area contributed by atoms with E-state index >= 15 is 0 Å². The molecule has 2 aromatic rings. The van der Waals surface area contributed by atoms with Crippen molar-refractivity contribution in [2.75, 3.05) is 19.6 Å². The van der Waals surface area contributed by atoms with Gasteiger partial charge in [0.25, 0.3) is 0 Å². The van der Waals surface area contributed by atoms with Crippen LogP contribution in [-0.2, 0) is 10.3 Å². The average molecular weight is 429 g/mol. The van der Waals surface area contributed by atoms with E-state index < -0.39 is 6.10 Å². The van der Waals surface area contributed by atoms with E-state index in [1.54, 1.807) is 23.2 Å². The van der Waals surface area contributed by atoms with Crippen molar-refractivity contribution in [3.63, 3.8) is 0 Å².